The van der Waals surface area contributed by atoms with Gasteiger partial charge in [-0.1, -0.05) is 18.2 Å². The van der Waals surface area contributed by atoms with Crippen LogP contribution in [0.1, 0.15) is 16.8 Å². The Balaban J connectivity index is 1.66. The summed E-state index contributed by atoms with van der Waals surface area (Å²) in [4.78, 5) is 36.9. The van der Waals surface area contributed by atoms with Crippen molar-refractivity contribution in [2.45, 2.75) is 6.42 Å². The highest BCUT2D eigenvalue weighted by Crippen LogP contribution is 2.25. The lowest BCUT2D eigenvalue weighted by atomic mass is 10.1. The minimum Gasteiger partial charge on any atom is -0.478 e. The Hall–Kier alpha value is -3.15. The predicted octanol–water partition coefficient (Wildman–Crippen LogP) is 2.38. The van der Waals surface area contributed by atoms with E-state index >= 15 is 0 Å². The number of nitrogens with one attached hydrogen (secondary N) is 1. The van der Waals surface area contributed by atoms with Crippen molar-refractivity contribution in [1.82, 2.24) is 0 Å². The van der Waals surface area contributed by atoms with Gasteiger partial charge in [0, 0.05) is 24.3 Å². The Morgan fingerprint density at radius 2 is 1.71 bits per heavy atom. The quantitative estimate of drug-likeness (QED) is 0.904. The van der Waals surface area contributed by atoms with Crippen molar-refractivity contribution in [1.29, 1.82) is 0 Å². The monoisotopic (exact) mass is 324 g/mol. The fourth-order valence-electron chi connectivity index (χ4n) is 2.68. The first-order valence-electron chi connectivity index (χ1n) is 7.54. The summed E-state index contributed by atoms with van der Waals surface area (Å²) in [7, 11) is 0. The van der Waals surface area contributed by atoms with Crippen LogP contribution in [0.3, 0.4) is 0 Å². The molecule has 2 aromatic carbocycles. The Morgan fingerprint density at radius 1 is 1.04 bits per heavy atom. The van der Waals surface area contributed by atoms with E-state index < -0.39 is 11.9 Å². The Bertz CT molecular complexity index is 771. The van der Waals surface area contributed by atoms with Crippen LogP contribution in [0.2, 0.25) is 0 Å². The number of para-hydroxylation sites is 1. The maximum atomic E-state index is 12.3. The topological polar surface area (TPSA) is 86.7 Å². The van der Waals surface area contributed by atoms with Crippen molar-refractivity contribution in [3.63, 3.8) is 0 Å². The molecule has 0 aliphatic carbocycles. The van der Waals surface area contributed by atoms with Gasteiger partial charge in [-0.2, -0.15) is 0 Å². The average Bonchev–Trinajstić information content (AvgIpc) is 2.98. The highest BCUT2D eigenvalue weighted by molar-refractivity contribution is 6.03. The SMILES string of the molecule is O=C(O)c1ccc(NC(=O)[C@H]2CC(=O)N(c3ccccc3)C2)cc1. The third-order valence-electron chi connectivity index (χ3n) is 3.96. The van der Waals surface area contributed by atoms with Gasteiger partial charge in [-0.3, -0.25) is 9.59 Å². The summed E-state index contributed by atoms with van der Waals surface area (Å²) < 4.78 is 0. The van der Waals surface area contributed by atoms with E-state index in [-0.39, 0.29) is 23.8 Å². The normalized spacial score (nSPS) is 16.9. The fourth-order valence-corrected chi connectivity index (χ4v) is 2.68. The van der Waals surface area contributed by atoms with Gasteiger partial charge >= 0.3 is 5.97 Å². The van der Waals surface area contributed by atoms with Crippen LogP contribution in [0.25, 0.3) is 0 Å². The van der Waals surface area contributed by atoms with Crippen LogP contribution in [-0.4, -0.2) is 29.4 Å². The second-order valence-corrected chi connectivity index (χ2v) is 5.61. The van der Waals surface area contributed by atoms with Crippen LogP contribution in [0, 0.1) is 5.92 Å². The van der Waals surface area contributed by atoms with Crippen molar-refractivity contribution in [2.24, 2.45) is 5.92 Å². The molecule has 0 saturated carbocycles. The molecular formula is C18H16N2O4. The molecule has 2 N–H and O–H groups in total. The number of carbonyl (C=O) groups is 3. The molecule has 1 saturated heterocycles. The number of hydrogen-bond donors (Lipinski definition) is 2. The van der Waals surface area contributed by atoms with E-state index in [4.69, 9.17) is 5.11 Å². The molecule has 1 atom stereocenters. The molecule has 2 amide bonds. The van der Waals surface area contributed by atoms with Crippen LogP contribution in [-0.2, 0) is 9.59 Å². The largest absolute Gasteiger partial charge is 0.478 e. The third-order valence-corrected chi connectivity index (χ3v) is 3.96. The molecule has 0 aromatic heterocycles. The average molecular weight is 324 g/mol. The van der Waals surface area contributed by atoms with Crippen LogP contribution < -0.4 is 10.2 Å². The molecule has 1 aliphatic heterocycles. The van der Waals surface area contributed by atoms with Crippen LogP contribution in [0.15, 0.2) is 54.6 Å². The summed E-state index contributed by atoms with van der Waals surface area (Å²) >= 11 is 0. The van der Waals surface area contributed by atoms with Crippen molar-refractivity contribution in [2.75, 3.05) is 16.8 Å². The van der Waals surface area contributed by atoms with E-state index in [0.717, 1.165) is 5.69 Å². The van der Waals surface area contributed by atoms with E-state index in [1.165, 1.54) is 24.3 Å². The van der Waals surface area contributed by atoms with E-state index in [2.05, 4.69) is 5.32 Å². The first-order chi connectivity index (χ1) is 11.5. The third kappa shape index (κ3) is 3.27. The summed E-state index contributed by atoms with van der Waals surface area (Å²) in [5.41, 5.74) is 1.44. The maximum absolute atomic E-state index is 12.3. The molecule has 1 aliphatic rings. The first-order valence-corrected chi connectivity index (χ1v) is 7.54. The number of rotatable bonds is 4. The number of anilines is 2. The molecule has 6 heteroatoms. The highest BCUT2D eigenvalue weighted by Gasteiger charge is 2.35. The van der Waals surface area contributed by atoms with Gasteiger partial charge in [0.25, 0.3) is 0 Å². The van der Waals surface area contributed by atoms with Crippen LogP contribution in [0.4, 0.5) is 11.4 Å². The van der Waals surface area contributed by atoms with E-state index in [9.17, 15) is 14.4 Å². The minimum absolute atomic E-state index is 0.0809. The summed E-state index contributed by atoms with van der Waals surface area (Å²) in [5, 5.41) is 11.6. The van der Waals surface area contributed by atoms with Gasteiger partial charge in [0.15, 0.2) is 0 Å². The molecule has 24 heavy (non-hydrogen) atoms. The molecule has 122 valence electrons. The second kappa shape index (κ2) is 6.54. The van der Waals surface area contributed by atoms with E-state index in [0.29, 0.717) is 12.2 Å². The molecule has 0 radical (unpaired) electrons. The zero-order chi connectivity index (χ0) is 17.1. The lowest BCUT2D eigenvalue weighted by Gasteiger charge is -2.16. The zero-order valence-electron chi connectivity index (χ0n) is 12.8. The smallest absolute Gasteiger partial charge is 0.335 e. The molecular weight excluding hydrogens is 308 g/mol. The number of benzene rings is 2. The molecule has 0 bridgehead atoms. The molecule has 1 fully saturated rings. The fraction of sp³-hybridized carbons (Fsp3) is 0.167. The van der Waals surface area contributed by atoms with Crippen LogP contribution >= 0.6 is 0 Å². The number of aromatic carboxylic acids is 1. The highest BCUT2D eigenvalue weighted by atomic mass is 16.4. The van der Waals surface area contributed by atoms with Crippen molar-refractivity contribution >= 4 is 29.2 Å². The van der Waals surface area contributed by atoms with E-state index in [1.54, 1.807) is 4.90 Å². The summed E-state index contributed by atoms with van der Waals surface area (Å²) in [5.74, 6) is -1.78. The van der Waals surface area contributed by atoms with Gasteiger partial charge in [0.05, 0.1) is 11.5 Å². The summed E-state index contributed by atoms with van der Waals surface area (Å²) in [6.07, 6.45) is 0.161. The lowest BCUT2D eigenvalue weighted by Crippen LogP contribution is -2.28. The van der Waals surface area contributed by atoms with Gasteiger partial charge < -0.3 is 15.3 Å². The standard InChI is InChI=1S/C18H16N2O4/c21-16-10-13(11-20(16)15-4-2-1-3-5-15)17(22)19-14-8-6-12(7-9-14)18(23)24/h1-9,13H,10-11H2,(H,19,22)(H,23,24)/t13-/m0/s1. The Morgan fingerprint density at radius 3 is 2.33 bits per heavy atom. The minimum atomic E-state index is -1.02. The molecule has 3 rings (SSSR count). The summed E-state index contributed by atoms with van der Waals surface area (Å²) in [6.45, 7) is 0.335. The van der Waals surface area contributed by atoms with Crippen LogP contribution in [0.5, 0.6) is 0 Å². The van der Waals surface area contributed by atoms with Crippen molar-refractivity contribution < 1.29 is 19.5 Å². The summed E-state index contributed by atoms with van der Waals surface area (Å²) in [6, 6.07) is 15.2. The Labute approximate surface area is 138 Å². The molecule has 6 nitrogen and oxygen atoms in total. The number of nitrogens with zero attached hydrogens (tertiary/aromatic N) is 1. The number of carboxylic acids is 1. The molecule has 0 spiro atoms. The van der Waals surface area contributed by atoms with Crippen molar-refractivity contribution in [3.8, 4) is 0 Å². The van der Waals surface area contributed by atoms with Crippen molar-refractivity contribution in [3.05, 3.63) is 60.2 Å². The van der Waals surface area contributed by atoms with E-state index in [1.807, 2.05) is 30.3 Å². The molecule has 1 heterocycles. The van der Waals surface area contributed by atoms with Gasteiger partial charge in [-0.05, 0) is 36.4 Å². The number of amides is 2. The van der Waals surface area contributed by atoms with Gasteiger partial charge in [-0.25, -0.2) is 4.79 Å². The van der Waals surface area contributed by atoms with Gasteiger partial charge in [0.2, 0.25) is 11.8 Å². The number of hydrogen-bond acceptors (Lipinski definition) is 3. The number of carboxylic acid groups (broad SMARTS) is 1. The maximum Gasteiger partial charge on any atom is 0.335 e. The lowest BCUT2D eigenvalue weighted by molar-refractivity contribution is -0.122. The predicted molar refractivity (Wildman–Crippen MR) is 88.9 cm³/mol. The Kier molecular flexibility index (Phi) is 4.29. The van der Waals surface area contributed by atoms with Gasteiger partial charge in [0.1, 0.15) is 0 Å². The number of carbonyl (C=O) groups excluding carboxylic acids is 2. The molecule has 2 aromatic rings. The second-order valence-electron chi connectivity index (χ2n) is 5.61. The first kappa shape index (κ1) is 15.7. The molecule has 0 unspecified atom stereocenters. The van der Waals surface area contributed by atoms with Gasteiger partial charge in [-0.15, -0.1) is 0 Å². The zero-order valence-corrected chi connectivity index (χ0v) is 12.8.